The zero-order valence-corrected chi connectivity index (χ0v) is 21.9. The van der Waals surface area contributed by atoms with Gasteiger partial charge in [0, 0.05) is 31.2 Å². The molecule has 18 heteroatoms. The van der Waals surface area contributed by atoms with E-state index in [0.29, 0.717) is 6.54 Å². The highest BCUT2D eigenvalue weighted by molar-refractivity contribution is 7.92. The van der Waals surface area contributed by atoms with Crippen molar-refractivity contribution in [3.05, 3.63) is 47.8 Å². The average molecular weight is 616 g/mol. The molecule has 0 radical (unpaired) electrons. The molecule has 1 saturated heterocycles. The van der Waals surface area contributed by atoms with Crippen molar-refractivity contribution in [2.45, 2.75) is 30.7 Å². The summed E-state index contributed by atoms with van der Waals surface area (Å²) in [5.41, 5.74) is 2.56. The van der Waals surface area contributed by atoms with E-state index in [0.717, 1.165) is 54.5 Å². The van der Waals surface area contributed by atoms with Crippen molar-refractivity contribution < 1.29 is 64.0 Å². The van der Waals surface area contributed by atoms with Gasteiger partial charge in [0.2, 0.25) is 16.8 Å². The van der Waals surface area contributed by atoms with Gasteiger partial charge in [-0.05, 0) is 42.8 Å². The second kappa shape index (κ2) is 11.6. The van der Waals surface area contributed by atoms with Gasteiger partial charge in [-0.1, -0.05) is 6.07 Å². The van der Waals surface area contributed by atoms with E-state index in [9.17, 15) is 34.8 Å². The maximum atomic E-state index is 12.3. The Balaban J connectivity index is 0.000000276. The first-order valence-electron chi connectivity index (χ1n) is 11.5. The van der Waals surface area contributed by atoms with Crippen LogP contribution in [0, 0.1) is 0 Å². The normalized spacial score (nSPS) is 19.6. The standard InChI is InChI=1S/C19H21N3O4S.2C2HF3O2/c1-27(23,24)22-12-19(18-15(22)3-2-7-20-18)6-8-21(11-19)10-14-4-5-16-17(9-14)26-13-25-16;2*3-2(4,5)1(6)7/h2-5,7,9H,6,8,10-13H2,1H3;2*(H,6,7). The number of alkyl halides is 6. The molecule has 0 amide bonds. The zero-order chi connectivity index (χ0) is 30.8. The number of benzene rings is 1. The van der Waals surface area contributed by atoms with Crippen molar-refractivity contribution in [1.29, 1.82) is 0 Å². The quantitative estimate of drug-likeness (QED) is 0.494. The molecule has 41 heavy (non-hydrogen) atoms. The second-order valence-corrected chi connectivity index (χ2v) is 11.1. The van der Waals surface area contributed by atoms with Gasteiger partial charge in [0.15, 0.2) is 11.5 Å². The van der Waals surface area contributed by atoms with Crippen LogP contribution in [0.5, 0.6) is 11.5 Å². The van der Waals surface area contributed by atoms with E-state index in [1.807, 2.05) is 18.2 Å². The minimum atomic E-state index is -5.08. The number of carboxylic acids is 2. The molecule has 3 aliphatic rings. The van der Waals surface area contributed by atoms with E-state index in [4.69, 9.17) is 29.3 Å². The molecular weight excluding hydrogens is 592 g/mol. The molecule has 1 aromatic carbocycles. The molecule has 0 bridgehead atoms. The van der Waals surface area contributed by atoms with Gasteiger partial charge in [0.05, 0.1) is 17.6 Å². The highest BCUT2D eigenvalue weighted by Crippen LogP contribution is 2.46. The number of carboxylic acid groups (broad SMARTS) is 2. The van der Waals surface area contributed by atoms with Crippen LogP contribution in [0.2, 0.25) is 0 Å². The van der Waals surface area contributed by atoms with E-state index >= 15 is 0 Å². The number of ether oxygens (including phenoxy) is 2. The van der Waals surface area contributed by atoms with Crippen LogP contribution in [0.4, 0.5) is 32.0 Å². The van der Waals surface area contributed by atoms with Gasteiger partial charge < -0.3 is 19.7 Å². The third-order valence-corrected chi connectivity index (χ3v) is 7.29. The van der Waals surface area contributed by atoms with E-state index in [-0.39, 0.29) is 12.2 Å². The highest BCUT2D eigenvalue weighted by atomic mass is 32.2. The molecule has 1 spiro atoms. The predicted octanol–water partition coefficient (Wildman–Crippen LogP) is 3.00. The first-order valence-corrected chi connectivity index (χ1v) is 13.3. The third kappa shape index (κ3) is 7.69. The maximum absolute atomic E-state index is 12.3. The summed E-state index contributed by atoms with van der Waals surface area (Å²) in [6.07, 6.45) is -6.25. The highest BCUT2D eigenvalue weighted by Gasteiger charge is 2.50. The summed E-state index contributed by atoms with van der Waals surface area (Å²) in [6, 6.07) is 9.69. The Morgan fingerprint density at radius 1 is 1.00 bits per heavy atom. The summed E-state index contributed by atoms with van der Waals surface area (Å²) < 4.78 is 100. The Morgan fingerprint density at radius 3 is 2.15 bits per heavy atom. The predicted molar refractivity (Wildman–Crippen MR) is 128 cm³/mol. The lowest BCUT2D eigenvalue weighted by atomic mass is 9.85. The number of nitrogens with zero attached hydrogens (tertiary/aromatic N) is 3. The van der Waals surface area contributed by atoms with Gasteiger partial charge in [-0.3, -0.25) is 14.2 Å². The minimum Gasteiger partial charge on any atom is -0.475 e. The van der Waals surface area contributed by atoms with Crippen molar-refractivity contribution in [2.24, 2.45) is 0 Å². The number of anilines is 1. The van der Waals surface area contributed by atoms with Crippen LogP contribution in [0.1, 0.15) is 17.7 Å². The topological polar surface area (TPSA) is 147 Å². The van der Waals surface area contributed by atoms with Crippen molar-refractivity contribution in [2.75, 3.05) is 37.0 Å². The largest absolute Gasteiger partial charge is 0.490 e. The van der Waals surface area contributed by atoms with Crippen LogP contribution in [-0.4, -0.2) is 85.5 Å². The second-order valence-electron chi connectivity index (χ2n) is 9.18. The minimum absolute atomic E-state index is 0.240. The van der Waals surface area contributed by atoms with E-state index < -0.39 is 34.3 Å². The molecule has 1 fully saturated rings. The Labute approximate surface area is 228 Å². The Bertz CT molecular complexity index is 1380. The lowest BCUT2D eigenvalue weighted by Crippen LogP contribution is -2.38. The molecule has 0 saturated carbocycles. The van der Waals surface area contributed by atoms with Crippen LogP contribution in [-0.2, 0) is 31.6 Å². The number of carbonyl (C=O) groups is 2. The molecule has 3 aliphatic heterocycles. The zero-order valence-electron chi connectivity index (χ0n) is 21.1. The first-order chi connectivity index (χ1) is 18.8. The molecule has 1 aromatic heterocycles. The third-order valence-electron chi connectivity index (χ3n) is 6.17. The number of aromatic nitrogens is 1. The van der Waals surface area contributed by atoms with Crippen molar-refractivity contribution in [3.63, 3.8) is 0 Å². The lowest BCUT2D eigenvalue weighted by Gasteiger charge is -2.25. The van der Waals surface area contributed by atoms with Crippen molar-refractivity contribution in [1.82, 2.24) is 9.88 Å². The fraction of sp³-hybridized carbons (Fsp3) is 0.435. The van der Waals surface area contributed by atoms with Gasteiger partial charge in [0.25, 0.3) is 0 Å². The Morgan fingerprint density at radius 2 is 1.59 bits per heavy atom. The van der Waals surface area contributed by atoms with Gasteiger partial charge >= 0.3 is 24.3 Å². The molecule has 1 unspecified atom stereocenters. The van der Waals surface area contributed by atoms with E-state index in [1.165, 1.54) is 10.6 Å². The Hall–Kier alpha value is -3.80. The molecule has 0 aliphatic carbocycles. The van der Waals surface area contributed by atoms with Crippen molar-refractivity contribution in [3.8, 4) is 11.5 Å². The number of likely N-dealkylation sites (tertiary alicyclic amines) is 1. The maximum Gasteiger partial charge on any atom is 0.490 e. The van der Waals surface area contributed by atoms with Crippen LogP contribution in [0.15, 0.2) is 36.5 Å². The molecule has 226 valence electrons. The number of pyridine rings is 1. The number of hydrogen-bond donors (Lipinski definition) is 2. The summed E-state index contributed by atoms with van der Waals surface area (Å²) >= 11 is 0. The number of aliphatic carboxylic acids is 2. The summed E-state index contributed by atoms with van der Waals surface area (Å²) in [5, 5.41) is 14.2. The van der Waals surface area contributed by atoms with Crippen LogP contribution in [0.3, 0.4) is 0 Å². The van der Waals surface area contributed by atoms with Gasteiger partial charge in [0.1, 0.15) is 0 Å². The molecule has 4 heterocycles. The average Bonchev–Trinajstić information content (AvgIpc) is 3.56. The monoisotopic (exact) mass is 615 g/mol. The number of sulfonamides is 1. The summed E-state index contributed by atoms with van der Waals surface area (Å²) in [6.45, 7) is 3.23. The first kappa shape index (κ1) is 31.7. The van der Waals surface area contributed by atoms with Gasteiger partial charge in [-0.15, -0.1) is 0 Å². The SMILES string of the molecule is CS(=O)(=O)N1CC2(CCN(Cc3ccc4c(c3)OCO4)C2)c2ncccc21.O=C(O)C(F)(F)F.O=C(O)C(F)(F)F. The smallest absolute Gasteiger partial charge is 0.475 e. The van der Waals surface area contributed by atoms with Crippen LogP contribution in [0.25, 0.3) is 0 Å². The summed E-state index contributed by atoms with van der Waals surface area (Å²) in [5.74, 6) is -3.94. The molecule has 5 rings (SSSR count). The Kier molecular flexibility index (Phi) is 8.97. The van der Waals surface area contributed by atoms with Gasteiger partial charge in [-0.25, -0.2) is 18.0 Å². The number of hydrogen-bond acceptors (Lipinski definition) is 8. The molecule has 1 atom stereocenters. The summed E-state index contributed by atoms with van der Waals surface area (Å²) in [4.78, 5) is 24.7. The number of fused-ring (bicyclic) bond motifs is 3. The van der Waals surface area contributed by atoms with Gasteiger partial charge in [-0.2, -0.15) is 26.3 Å². The van der Waals surface area contributed by atoms with Crippen molar-refractivity contribution >= 4 is 27.6 Å². The van der Waals surface area contributed by atoms with E-state index in [2.05, 4.69) is 16.0 Å². The number of halogens is 6. The fourth-order valence-corrected chi connectivity index (χ4v) is 5.44. The summed E-state index contributed by atoms with van der Waals surface area (Å²) in [7, 11) is -3.32. The molecule has 2 aromatic rings. The van der Waals surface area contributed by atoms with Crippen LogP contribution < -0.4 is 13.8 Å². The van der Waals surface area contributed by atoms with E-state index in [1.54, 1.807) is 12.3 Å². The number of rotatable bonds is 3. The molecule has 2 N–H and O–H groups in total. The lowest BCUT2D eigenvalue weighted by molar-refractivity contribution is -0.193. The fourth-order valence-electron chi connectivity index (χ4n) is 4.45. The molecular formula is C23H23F6N3O8S. The van der Waals surface area contributed by atoms with Crippen LogP contribution >= 0.6 is 0 Å². The molecule has 11 nitrogen and oxygen atoms in total.